The monoisotopic (exact) mass is 198 g/mol. The Labute approximate surface area is 84.5 Å². The van der Waals surface area contributed by atoms with Crippen LogP contribution in [0.2, 0.25) is 0 Å². The van der Waals surface area contributed by atoms with Gasteiger partial charge in [-0.3, -0.25) is 4.79 Å². The molecule has 0 aromatic carbocycles. The third kappa shape index (κ3) is 1.91. The first-order valence-electron chi connectivity index (χ1n) is 5.53. The van der Waals surface area contributed by atoms with E-state index in [1.165, 1.54) is 19.3 Å². The van der Waals surface area contributed by atoms with Gasteiger partial charge in [-0.2, -0.15) is 0 Å². The van der Waals surface area contributed by atoms with E-state index < -0.39 is 5.97 Å². The smallest absolute Gasteiger partial charge is 0.322 e. The van der Waals surface area contributed by atoms with Crippen molar-refractivity contribution in [2.75, 3.05) is 19.6 Å². The summed E-state index contributed by atoms with van der Waals surface area (Å²) in [5, 5.41) is 13.4. The molecule has 2 saturated heterocycles. The summed E-state index contributed by atoms with van der Waals surface area (Å²) in [6.07, 6.45) is 5.55. The predicted octanol–water partition coefficient (Wildman–Crippen LogP) is 0.936. The number of hydrazine groups is 1. The third-order valence-corrected chi connectivity index (χ3v) is 3.21. The molecule has 2 fully saturated rings. The zero-order chi connectivity index (χ0) is 9.97. The molecule has 0 aromatic rings. The Morgan fingerprint density at radius 2 is 1.79 bits per heavy atom. The molecule has 0 radical (unpaired) electrons. The van der Waals surface area contributed by atoms with Gasteiger partial charge >= 0.3 is 5.97 Å². The van der Waals surface area contributed by atoms with Gasteiger partial charge in [0.05, 0.1) is 0 Å². The zero-order valence-electron chi connectivity index (χ0n) is 8.48. The SMILES string of the molecule is O=C(O)[C@@H]1CCCN1N1CCCCC1. The average Bonchev–Trinajstić information content (AvgIpc) is 2.67. The van der Waals surface area contributed by atoms with Crippen LogP contribution in [0.15, 0.2) is 0 Å². The van der Waals surface area contributed by atoms with E-state index in [1.807, 2.05) is 0 Å². The van der Waals surface area contributed by atoms with Crippen LogP contribution >= 0.6 is 0 Å². The van der Waals surface area contributed by atoms with Gasteiger partial charge in [0.1, 0.15) is 6.04 Å². The molecule has 2 aliphatic heterocycles. The summed E-state index contributed by atoms with van der Waals surface area (Å²) in [4.78, 5) is 11.0. The van der Waals surface area contributed by atoms with Crippen molar-refractivity contribution < 1.29 is 9.90 Å². The molecule has 2 aliphatic rings. The number of carboxylic acids is 1. The Morgan fingerprint density at radius 1 is 1.07 bits per heavy atom. The molecule has 4 heteroatoms. The Morgan fingerprint density at radius 3 is 2.43 bits per heavy atom. The van der Waals surface area contributed by atoms with E-state index in [4.69, 9.17) is 5.11 Å². The van der Waals surface area contributed by atoms with Crippen LogP contribution in [0, 0.1) is 0 Å². The summed E-state index contributed by atoms with van der Waals surface area (Å²) >= 11 is 0. The lowest BCUT2D eigenvalue weighted by molar-refractivity contribution is -0.151. The maximum atomic E-state index is 11.0. The summed E-state index contributed by atoms with van der Waals surface area (Å²) in [6.45, 7) is 3.02. The van der Waals surface area contributed by atoms with E-state index in [9.17, 15) is 4.79 Å². The first-order valence-corrected chi connectivity index (χ1v) is 5.53. The molecular formula is C10H18N2O2. The molecule has 0 saturated carbocycles. The van der Waals surface area contributed by atoms with Crippen molar-refractivity contribution in [1.29, 1.82) is 0 Å². The first-order chi connectivity index (χ1) is 6.79. The van der Waals surface area contributed by atoms with Crippen LogP contribution in [0.5, 0.6) is 0 Å². The molecule has 0 aromatic heterocycles. The van der Waals surface area contributed by atoms with Crippen LogP contribution in [0.4, 0.5) is 0 Å². The van der Waals surface area contributed by atoms with Crippen molar-refractivity contribution in [1.82, 2.24) is 10.0 Å². The van der Waals surface area contributed by atoms with Gasteiger partial charge in [-0.15, -0.1) is 0 Å². The fourth-order valence-electron chi connectivity index (χ4n) is 2.48. The predicted molar refractivity (Wildman–Crippen MR) is 52.8 cm³/mol. The number of nitrogens with zero attached hydrogens (tertiary/aromatic N) is 2. The van der Waals surface area contributed by atoms with Gasteiger partial charge in [-0.25, -0.2) is 10.0 Å². The van der Waals surface area contributed by atoms with Gasteiger partial charge in [0, 0.05) is 19.6 Å². The van der Waals surface area contributed by atoms with Gasteiger partial charge in [0.25, 0.3) is 0 Å². The van der Waals surface area contributed by atoms with Crippen molar-refractivity contribution >= 4 is 5.97 Å². The Hall–Kier alpha value is -0.610. The van der Waals surface area contributed by atoms with Crippen LogP contribution in [-0.4, -0.2) is 46.8 Å². The van der Waals surface area contributed by atoms with Gasteiger partial charge in [-0.05, 0) is 25.7 Å². The minimum Gasteiger partial charge on any atom is -0.480 e. The Kier molecular flexibility index (Phi) is 3.03. The largest absolute Gasteiger partial charge is 0.480 e. The molecule has 1 N–H and O–H groups in total. The highest BCUT2D eigenvalue weighted by atomic mass is 16.4. The molecule has 1 atom stereocenters. The van der Waals surface area contributed by atoms with Crippen molar-refractivity contribution in [3.05, 3.63) is 0 Å². The van der Waals surface area contributed by atoms with E-state index in [0.717, 1.165) is 32.5 Å². The third-order valence-electron chi connectivity index (χ3n) is 3.21. The molecule has 0 unspecified atom stereocenters. The summed E-state index contributed by atoms with van der Waals surface area (Å²) in [5.74, 6) is -0.659. The van der Waals surface area contributed by atoms with E-state index in [2.05, 4.69) is 10.0 Å². The van der Waals surface area contributed by atoms with Crippen molar-refractivity contribution in [3.63, 3.8) is 0 Å². The second kappa shape index (κ2) is 4.28. The maximum absolute atomic E-state index is 11.0. The maximum Gasteiger partial charge on any atom is 0.322 e. The number of carboxylic acid groups (broad SMARTS) is 1. The fourth-order valence-corrected chi connectivity index (χ4v) is 2.48. The average molecular weight is 198 g/mol. The van der Waals surface area contributed by atoms with Crippen LogP contribution in [0.25, 0.3) is 0 Å². The highest BCUT2D eigenvalue weighted by molar-refractivity contribution is 5.73. The molecule has 2 heterocycles. The van der Waals surface area contributed by atoms with E-state index in [-0.39, 0.29) is 6.04 Å². The molecule has 14 heavy (non-hydrogen) atoms. The minimum absolute atomic E-state index is 0.256. The van der Waals surface area contributed by atoms with Gasteiger partial charge in [-0.1, -0.05) is 6.42 Å². The fraction of sp³-hybridized carbons (Fsp3) is 0.900. The summed E-state index contributed by atoms with van der Waals surface area (Å²) in [5.41, 5.74) is 0. The highest BCUT2D eigenvalue weighted by Gasteiger charge is 2.34. The zero-order valence-corrected chi connectivity index (χ0v) is 8.48. The topological polar surface area (TPSA) is 43.8 Å². The van der Waals surface area contributed by atoms with Gasteiger partial charge in [0.2, 0.25) is 0 Å². The normalized spacial score (nSPS) is 30.7. The number of piperidine rings is 1. The van der Waals surface area contributed by atoms with Crippen molar-refractivity contribution in [3.8, 4) is 0 Å². The summed E-state index contributed by atoms with van der Waals surface area (Å²) in [7, 11) is 0. The van der Waals surface area contributed by atoms with E-state index in [0.29, 0.717) is 0 Å². The number of hydrogen-bond acceptors (Lipinski definition) is 3. The Balaban J connectivity index is 1.97. The van der Waals surface area contributed by atoms with Crippen molar-refractivity contribution in [2.24, 2.45) is 0 Å². The lowest BCUT2D eigenvalue weighted by Gasteiger charge is -2.37. The van der Waals surface area contributed by atoms with Gasteiger partial charge in [0.15, 0.2) is 0 Å². The second-order valence-corrected chi connectivity index (χ2v) is 4.17. The molecule has 4 nitrogen and oxygen atoms in total. The van der Waals surface area contributed by atoms with Crippen LogP contribution in [0.3, 0.4) is 0 Å². The Bertz CT molecular complexity index is 214. The van der Waals surface area contributed by atoms with Crippen LogP contribution in [0.1, 0.15) is 32.1 Å². The first kappa shape index (κ1) is 9.93. The number of aliphatic carboxylic acids is 1. The minimum atomic E-state index is -0.659. The van der Waals surface area contributed by atoms with E-state index in [1.54, 1.807) is 0 Å². The number of hydrogen-bond donors (Lipinski definition) is 1. The van der Waals surface area contributed by atoms with Crippen LogP contribution in [-0.2, 0) is 4.79 Å². The number of rotatable bonds is 2. The van der Waals surface area contributed by atoms with E-state index >= 15 is 0 Å². The van der Waals surface area contributed by atoms with Crippen LogP contribution < -0.4 is 0 Å². The summed E-state index contributed by atoms with van der Waals surface area (Å²) in [6, 6.07) is -0.256. The molecular weight excluding hydrogens is 180 g/mol. The quantitative estimate of drug-likeness (QED) is 0.717. The number of carbonyl (C=O) groups is 1. The molecule has 80 valence electrons. The highest BCUT2D eigenvalue weighted by Crippen LogP contribution is 2.22. The lowest BCUT2D eigenvalue weighted by Crippen LogP contribution is -2.50. The summed E-state index contributed by atoms with van der Waals surface area (Å²) < 4.78 is 0. The van der Waals surface area contributed by atoms with Gasteiger partial charge < -0.3 is 5.11 Å². The molecule has 2 rings (SSSR count). The second-order valence-electron chi connectivity index (χ2n) is 4.17. The van der Waals surface area contributed by atoms with Crippen molar-refractivity contribution in [2.45, 2.75) is 38.1 Å². The lowest BCUT2D eigenvalue weighted by atomic mass is 10.1. The standard InChI is InChI=1S/C10H18N2O2/c13-10(14)9-5-4-8-12(9)11-6-2-1-3-7-11/h9H,1-8H2,(H,13,14)/t9-/m0/s1. The molecule has 0 bridgehead atoms. The molecule has 0 aliphatic carbocycles. The molecule has 0 spiro atoms. The molecule has 0 amide bonds.